The SMILES string of the molecule is O=[N+]([O-])c1cccc(CN2CCCC3CCCC32)c1F. The maximum atomic E-state index is 14.2. The van der Waals surface area contributed by atoms with Crippen molar-refractivity contribution < 1.29 is 9.31 Å². The lowest BCUT2D eigenvalue weighted by Gasteiger charge is -2.37. The van der Waals surface area contributed by atoms with Crippen molar-refractivity contribution in [1.82, 2.24) is 4.90 Å². The molecule has 5 heteroatoms. The first-order valence-electron chi connectivity index (χ1n) is 7.32. The largest absolute Gasteiger partial charge is 0.305 e. The van der Waals surface area contributed by atoms with Gasteiger partial charge in [0, 0.05) is 24.2 Å². The fourth-order valence-corrected chi connectivity index (χ4v) is 3.80. The van der Waals surface area contributed by atoms with Crippen molar-refractivity contribution in [3.63, 3.8) is 0 Å². The van der Waals surface area contributed by atoms with E-state index in [0.717, 1.165) is 18.9 Å². The van der Waals surface area contributed by atoms with Gasteiger partial charge in [-0.15, -0.1) is 0 Å². The Hall–Kier alpha value is -1.49. The lowest BCUT2D eigenvalue weighted by atomic mass is 9.91. The summed E-state index contributed by atoms with van der Waals surface area (Å²) < 4.78 is 14.2. The van der Waals surface area contributed by atoms with Crippen LogP contribution in [-0.4, -0.2) is 22.4 Å². The molecule has 20 heavy (non-hydrogen) atoms. The minimum atomic E-state index is -0.669. The van der Waals surface area contributed by atoms with Gasteiger partial charge in [-0.2, -0.15) is 4.39 Å². The number of likely N-dealkylation sites (tertiary alicyclic amines) is 1. The maximum absolute atomic E-state index is 14.2. The number of rotatable bonds is 3. The first kappa shape index (κ1) is 13.5. The van der Waals surface area contributed by atoms with Crippen molar-refractivity contribution in [2.24, 2.45) is 5.92 Å². The normalized spacial score (nSPS) is 26.4. The Morgan fingerprint density at radius 2 is 2.10 bits per heavy atom. The third-order valence-corrected chi connectivity index (χ3v) is 4.74. The summed E-state index contributed by atoms with van der Waals surface area (Å²) in [6, 6.07) is 5.02. The van der Waals surface area contributed by atoms with Gasteiger partial charge in [-0.05, 0) is 38.1 Å². The molecule has 1 aliphatic carbocycles. The molecule has 108 valence electrons. The van der Waals surface area contributed by atoms with E-state index in [-0.39, 0.29) is 0 Å². The van der Waals surface area contributed by atoms with Gasteiger partial charge in [0.2, 0.25) is 5.82 Å². The van der Waals surface area contributed by atoms with E-state index >= 15 is 0 Å². The summed E-state index contributed by atoms with van der Waals surface area (Å²) in [5.41, 5.74) is 0.0363. The van der Waals surface area contributed by atoms with E-state index in [2.05, 4.69) is 4.90 Å². The Kier molecular flexibility index (Phi) is 3.70. The summed E-state index contributed by atoms with van der Waals surface area (Å²) in [4.78, 5) is 12.5. The number of hydrogen-bond acceptors (Lipinski definition) is 3. The molecule has 1 aromatic rings. The van der Waals surface area contributed by atoms with Gasteiger partial charge < -0.3 is 0 Å². The molecule has 1 saturated heterocycles. The lowest BCUT2D eigenvalue weighted by molar-refractivity contribution is -0.387. The Labute approximate surface area is 117 Å². The van der Waals surface area contributed by atoms with E-state index in [4.69, 9.17) is 0 Å². The second-order valence-electron chi connectivity index (χ2n) is 5.88. The maximum Gasteiger partial charge on any atom is 0.305 e. The number of benzene rings is 1. The van der Waals surface area contributed by atoms with E-state index < -0.39 is 16.4 Å². The van der Waals surface area contributed by atoms with E-state index in [1.165, 1.54) is 31.7 Å². The summed E-state index contributed by atoms with van der Waals surface area (Å²) in [6.07, 6.45) is 6.14. The summed E-state index contributed by atoms with van der Waals surface area (Å²) in [5, 5.41) is 10.8. The molecular formula is C15H19FN2O2. The van der Waals surface area contributed by atoms with Crippen molar-refractivity contribution in [3.8, 4) is 0 Å². The van der Waals surface area contributed by atoms with Crippen LogP contribution >= 0.6 is 0 Å². The zero-order chi connectivity index (χ0) is 14.1. The average molecular weight is 278 g/mol. The van der Waals surface area contributed by atoms with Crippen LogP contribution in [0.15, 0.2) is 18.2 Å². The number of piperidine rings is 1. The molecule has 0 radical (unpaired) electrons. The van der Waals surface area contributed by atoms with Crippen LogP contribution in [0.4, 0.5) is 10.1 Å². The molecule has 2 aliphatic rings. The fourth-order valence-electron chi connectivity index (χ4n) is 3.80. The van der Waals surface area contributed by atoms with Crippen molar-refractivity contribution in [1.29, 1.82) is 0 Å². The van der Waals surface area contributed by atoms with E-state index in [0.29, 0.717) is 18.2 Å². The highest BCUT2D eigenvalue weighted by molar-refractivity contribution is 5.36. The minimum absolute atomic E-state index is 0.414. The Morgan fingerprint density at radius 1 is 1.30 bits per heavy atom. The molecule has 0 spiro atoms. The number of fused-ring (bicyclic) bond motifs is 1. The molecule has 0 bridgehead atoms. The van der Waals surface area contributed by atoms with Gasteiger partial charge >= 0.3 is 5.69 Å². The molecule has 2 atom stereocenters. The van der Waals surface area contributed by atoms with Gasteiger partial charge in [0.1, 0.15) is 0 Å². The van der Waals surface area contributed by atoms with Gasteiger partial charge in [0.15, 0.2) is 0 Å². The third-order valence-electron chi connectivity index (χ3n) is 4.74. The lowest BCUT2D eigenvalue weighted by Crippen LogP contribution is -2.42. The van der Waals surface area contributed by atoms with Crippen LogP contribution < -0.4 is 0 Å². The summed E-state index contributed by atoms with van der Waals surface area (Å²) >= 11 is 0. The molecule has 4 nitrogen and oxygen atoms in total. The molecule has 0 N–H and O–H groups in total. The van der Waals surface area contributed by atoms with Crippen molar-refractivity contribution in [2.45, 2.75) is 44.7 Å². The van der Waals surface area contributed by atoms with Gasteiger partial charge in [0.05, 0.1) is 4.92 Å². The standard InChI is InChI=1S/C15H19FN2O2/c16-15-12(5-2-8-14(15)18(19)20)10-17-9-3-6-11-4-1-7-13(11)17/h2,5,8,11,13H,1,3-4,6-7,9-10H2. The van der Waals surface area contributed by atoms with Gasteiger partial charge in [-0.25, -0.2) is 0 Å². The fraction of sp³-hybridized carbons (Fsp3) is 0.600. The van der Waals surface area contributed by atoms with Crippen molar-refractivity contribution in [2.75, 3.05) is 6.54 Å². The second-order valence-corrected chi connectivity index (χ2v) is 5.88. The highest BCUT2D eigenvalue weighted by Crippen LogP contribution is 2.37. The Balaban J connectivity index is 1.80. The molecule has 0 aromatic heterocycles. The van der Waals surface area contributed by atoms with Crippen LogP contribution in [-0.2, 0) is 6.54 Å². The average Bonchev–Trinajstić information content (AvgIpc) is 2.90. The summed E-state index contributed by atoms with van der Waals surface area (Å²) in [7, 11) is 0. The monoisotopic (exact) mass is 278 g/mol. The predicted molar refractivity (Wildman–Crippen MR) is 73.8 cm³/mol. The Morgan fingerprint density at radius 3 is 2.90 bits per heavy atom. The topological polar surface area (TPSA) is 46.4 Å². The number of halogens is 1. The first-order valence-corrected chi connectivity index (χ1v) is 7.32. The predicted octanol–water partition coefficient (Wildman–Crippen LogP) is 3.50. The van der Waals surface area contributed by atoms with Crippen LogP contribution in [0.3, 0.4) is 0 Å². The number of nitrogens with zero attached hydrogens (tertiary/aromatic N) is 2. The quantitative estimate of drug-likeness (QED) is 0.628. The summed E-state index contributed by atoms with van der Waals surface area (Å²) in [6.45, 7) is 1.47. The molecule has 1 saturated carbocycles. The second kappa shape index (κ2) is 5.48. The van der Waals surface area contributed by atoms with Crippen LogP contribution in [0.5, 0.6) is 0 Å². The molecular weight excluding hydrogens is 259 g/mol. The van der Waals surface area contributed by atoms with Gasteiger partial charge in [-0.3, -0.25) is 15.0 Å². The molecule has 0 amide bonds. The van der Waals surface area contributed by atoms with Crippen LogP contribution in [0, 0.1) is 21.8 Å². The van der Waals surface area contributed by atoms with Crippen molar-refractivity contribution in [3.05, 3.63) is 39.7 Å². The number of nitro benzene ring substituents is 1. The zero-order valence-corrected chi connectivity index (χ0v) is 11.4. The van der Waals surface area contributed by atoms with Gasteiger partial charge in [-0.1, -0.05) is 18.6 Å². The highest BCUT2D eigenvalue weighted by atomic mass is 19.1. The Bertz CT molecular complexity index is 521. The molecule has 1 aromatic carbocycles. The zero-order valence-electron chi connectivity index (χ0n) is 11.4. The van der Waals surface area contributed by atoms with E-state index in [1.54, 1.807) is 12.1 Å². The van der Waals surface area contributed by atoms with E-state index in [1.807, 2.05) is 0 Å². The van der Waals surface area contributed by atoms with Gasteiger partial charge in [0.25, 0.3) is 0 Å². The minimum Gasteiger partial charge on any atom is -0.296 e. The molecule has 2 unspecified atom stereocenters. The summed E-state index contributed by atoms with van der Waals surface area (Å²) in [5.74, 6) is 0.0723. The molecule has 1 aliphatic heterocycles. The number of hydrogen-bond donors (Lipinski definition) is 0. The van der Waals surface area contributed by atoms with Crippen LogP contribution in [0.25, 0.3) is 0 Å². The third kappa shape index (κ3) is 2.42. The smallest absolute Gasteiger partial charge is 0.296 e. The van der Waals surface area contributed by atoms with E-state index in [9.17, 15) is 14.5 Å². The van der Waals surface area contributed by atoms with Crippen LogP contribution in [0.2, 0.25) is 0 Å². The highest BCUT2D eigenvalue weighted by Gasteiger charge is 2.35. The van der Waals surface area contributed by atoms with Crippen molar-refractivity contribution >= 4 is 5.69 Å². The molecule has 3 rings (SSSR count). The molecule has 1 heterocycles. The first-order chi connectivity index (χ1) is 9.66. The molecule has 2 fully saturated rings. The number of nitro groups is 1. The van der Waals surface area contributed by atoms with Crippen LogP contribution in [0.1, 0.15) is 37.7 Å².